The Labute approximate surface area is 506 Å². The van der Waals surface area contributed by atoms with Crippen LogP contribution in [0.4, 0.5) is 0 Å². The molecule has 1 unspecified atom stereocenters. The van der Waals surface area contributed by atoms with Crippen LogP contribution in [-0.2, 0) is 28.6 Å². The van der Waals surface area contributed by atoms with Gasteiger partial charge in [0.1, 0.15) is 13.2 Å². The summed E-state index contributed by atoms with van der Waals surface area (Å²) in [5, 5.41) is 0. The van der Waals surface area contributed by atoms with Gasteiger partial charge in [0.2, 0.25) is 0 Å². The number of rotatable bonds is 60. The molecule has 0 radical (unpaired) electrons. The topological polar surface area (TPSA) is 78.9 Å². The lowest BCUT2D eigenvalue weighted by atomic mass is 10.0. The van der Waals surface area contributed by atoms with Crippen LogP contribution in [0.3, 0.4) is 0 Å². The largest absolute Gasteiger partial charge is 0.462 e. The van der Waals surface area contributed by atoms with E-state index in [0.29, 0.717) is 19.3 Å². The second-order valence-corrected chi connectivity index (χ2v) is 22.0. The maximum Gasteiger partial charge on any atom is 0.306 e. The molecule has 0 aromatic heterocycles. The highest BCUT2D eigenvalue weighted by atomic mass is 16.6. The Hall–Kier alpha value is -4.71. The quantitative estimate of drug-likeness (QED) is 0.0261. The van der Waals surface area contributed by atoms with Crippen molar-refractivity contribution >= 4 is 17.9 Å². The van der Waals surface area contributed by atoms with Gasteiger partial charge in [-0.2, -0.15) is 0 Å². The lowest BCUT2D eigenvalue weighted by Crippen LogP contribution is -2.30. The Bertz CT molecular complexity index is 1780. The molecule has 0 saturated carbocycles. The van der Waals surface area contributed by atoms with Crippen LogP contribution in [0.2, 0.25) is 0 Å². The molecule has 1 atom stereocenters. The minimum Gasteiger partial charge on any atom is -0.462 e. The Morgan fingerprint density at radius 2 is 0.476 bits per heavy atom. The molecule has 0 saturated heterocycles. The summed E-state index contributed by atoms with van der Waals surface area (Å²) in [4.78, 5) is 38.4. The second kappa shape index (κ2) is 68.8. The highest BCUT2D eigenvalue weighted by Gasteiger charge is 2.19. The highest BCUT2D eigenvalue weighted by molar-refractivity contribution is 5.71. The van der Waals surface area contributed by atoms with Gasteiger partial charge in [0, 0.05) is 19.3 Å². The molecule has 0 aliphatic carbocycles. The smallest absolute Gasteiger partial charge is 0.306 e. The van der Waals surface area contributed by atoms with Gasteiger partial charge >= 0.3 is 17.9 Å². The molecular weight excluding hydrogens is 1010 g/mol. The fraction of sp³-hybridized carbons (Fsp3) is 0.645. The molecule has 0 bridgehead atoms. The van der Waals surface area contributed by atoms with E-state index in [1.807, 2.05) is 0 Å². The van der Waals surface area contributed by atoms with E-state index in [2.05, 4.69) is 167 Å². The molecule has 464 valence electrons. The maximum absolute atomic E-state index is 12.9. The average molecular weight is 1130 g/mol. The van der Waals surface area contributed by atoms with Gasteiger partial charge in [-0.15, -0.1) is 0 Å². The van der Waals surface area contributed by atoms with Crippen LogP contribution in [0.5, 0.6) is 0 Å². The molecule has 0 spiro atoms. The summed E-state index contributed by atoms with van der Waals surface area (Å²) in [6.45, 7) is 6.40. The molecule has 0 N–H and O–H groups in total. The van der Waals surface area contributed by atoms with Gasteiger partial charge in [-0.3, -0.25) is 14.4 Å². The van der Waals surface area contributed by atoms with Crippen LogP contribution in [0.25, 0.3) is 0 Å². The van der Waals surface area contributed by atoms with E-state index in [4.69, 9.17) is 14.2 Å². The molecule has 0 heterocycles. The zero-order valence-corrected chi connectivity index (χ0v) is 53.2. The fourth-order valence-corrected chi connectivity index (χ4v) is 9.10. The van der Waals surface area contributed by atoms with Crippen LogP contribution in [0.1, 0.15) is 297 Å². The molecular formula is C76H124O6. The summed E-state index contributed by atoms with van der Waals surface area (Å²) in [5.74, 6) is -0.929. The van der Waals surface area contributed by atoms with Gasteiger partial charge < -0.3 is 14.2 Å². The standard InChI is InChI=1S/C76H124O6/c1-4-7-10-13-16-19-22-25-28-31-32-33-34-35-36-37-38-39-40-41-42-43-44-46-48-51-54-57-60-63-66-69-75(78)81-72-73(71-80-74(77)68-65-62-59-56-53-50-47-30-27-24-21-18-15-12-9-6-3)82-76(79)70-67-64-61-58-55-52-49-45-29-26-23-20-17-14-11-8-5-2/h7-8,10-11,16-17,19-20,25-26,28-29,32-33,35-36,38-39,41-42,44,46,49,52,73H,4-6,9,12-15,18,21-24,27,30-31,34,37,40,43,45,47-48,50-51,53-72H2,1-3H3/b10-7-,11-8-,19-16-,20-17-,28-25-,29-26-,33-32-,36-35-,39-38-,42-41-,46-44-,52-49-. The van der Waals surface area contributed by atoms with Crippen molar-refractivity contribution in [2.75, 3.05) is 13.2 Å². The van der Waals surface area contributed by atoms with Crippen molar-refractivity contribution in [1.29, 1.82) is 0 Å². The number of esters is 3. The van der Waals surface area contributed by atoms with Gasteiger partial charge in [0.15, 0.2) is 6.10 Å². The zero-order valence-electron chi connectivity index (χ0n) is 53.2. The lowest BCUT2D eigenvalue weighted by Gasteiger charge is -2.18. The summed E-state index contributed by atoms with van der Waals surface area (Å²) < 4.78 is 16.9. The molecule has 0 rings (SSSR count). The third kappa shape index (κ3) is 66.1. The molecule has 6 heteroatoms. The van der Waals surface area contributed by atoms with Crippen molar-refractivity contribution < 1.29 is 28.6 Å². The van der Waals surface area contributed by atoms with Crippen LogP contribution >= 0.6 is 0 Å². The highest BCUT2D eigenvalue weighted by Crippen LogP contribution is 2.16. The Morgan fingerprint density at radius 1 is 0.256 bits per heavy atom. The summed E-state index contributed by atoms with van der Waals surface area (Å²) in [7, 11) is 0. The van der Waals surface area contributed by atoms with Crippen molar-refractivity contribution in [2.45, 2.75) is 303 Å². The normalized spacial score (nSPS) is 13.1. The second-order valence-electron chi connectivity index (χ2n) is 22.0. The number of allylic oxidation sites excluding steroid dienone is 24. The number of carbonyl (C=O) groups is 3. The average Bonchev–Trinajstić information content (AvgIpc) is 3.48. The van der Waals surface area contributed by atoms with Crippen LogP contribution in [0.15, 0.2) is 146 Å². The maximum atomic E-state index is 12.9. The lowest BCUT2D eigenvalue weighted by molar-refractivity contribution is -0.167. The first-order valence-electron chi connectivity index (χ1n) is 33.8. The summed E-state index contributed by atoms with van der Waals surface area (Å²) >= 11 is 0. The number of hydrogen-bond donors (Lipinski definition) is 0. The van der Waals surface area contributed by atoms with E-state index in [0.717, 1.165) is 161 Å². The van der Waals surface area contributed by atoms with E-state index < -0.39 is 6.10 Å². The van der Waals surface area contributed by atoms with Crippen molar-refractivity contribution in [3.63, 3.8) is 0 Å². The Morgan fingerprint density at radius 3 is 0.744 bits per heavy atom. The third-order valence-corrected chi connectivity index (χ3v) is 14.1. The Kier molecular flexibility index (Phi) is 64.8. The molecule has 0 amide bonds. The minimum absolute atomic E-state index is 0.0947. The van der Waals surface area contributed by atoms with Crippen molar-refractivity contribution in [1.82, 2.24) is 0 Å². The van der Waals surface area contributed by atoms with Gasteiger partial charge in [0.25, 0.3) is 0 Å². The van der Waals surface area contributed by atoms with E-state index in [-0.39, 0.29) is 31.1 Å². The molecule has 0 aromatic carbocycles. The van der Waals surface area contributed by atoms with Gasteiger partial charge in [-0.25, -0.2) is 0 Å². The first kappa shape index (κ1) is 77.3. The van der Waals surface area contributed by atoms with Crippen LogP contribution < -0.4 is 0 Å². The number of ether oxygens (including phenoxy) is 3. The third-order valence-electron chi connectivity index (χ3n) is 14.1. The first-order chi connectivity index (χ1) is 40.5. The predicted molar refractivity (Wildman–Crippen MR) is 357 cm³/mol. The van der Waals surface area contributed by atoms with E-state index >= 15 is 0 Å². The number of carbonyl (C=O) groups excluding carboxylic acids is 3. The monoisotopic (exact) mass is 1130 g/mol. The molecule has 0 aliphatic rings. The predicted octanol–water partition coefficient (Wildman–Crippen LogP) is 23.5. The van der Waals surface area contributed by atoms with Gasteiger partial charge in [-0.1, -0.05) is 301 Å². The SMILES string of the molecule is CC/C=C\C/C=C\C/C=C\C/C=C\C/C=C\C/C=C\C/C=C\C/C=C\CCCCCCCCC(=O)OCC(COC(=O)CCCCCCCCCCCCCCCCCC)OC(=O)CCCCCC/C=C\C/C=C\C/C=C\C/C=C\CC. The van der Waals surface area contributed by atoms with Gasteiger partial charge in [0.05, 0.1) is 0 Å². The summed E-state index contributed by atoms with van der Waals surface area (Å²) in [6, 6.07) is 0. The zero-order chi connectivity index (χ0) is 59.2. The van der Waals surface area contributed by atoms with E-state index in [9.17, 15) is 14.4 Å². The first-order valence-corrected chi connectivity index (χ1v) is 33.8. The molecule has 0 aromatic rings. The Balaban J connectivity index is 4.39. The van der Waals surface area contributed by atoms with E-state index in [1.54, 1.807) is 0 Å². The van der Waals surface area contributed by atoms with Crippen LogP contribution in [0, 0.1) is 0 Å². The molecule has 0 fully saturated rings. The summed E-state index contributed by atoms with van der Waals surface area (Å²) in [6.07, 6.45) is 98.5. The molecule has 0 aliphatic heterocycles. The van der Waals surface area contributed by atoms with E-state index in [1.165, 1.54) is 96.3 Å². The van der Waals surface area contributed by atoms with Gasteiger partial charge in [-0.05, 0) is 122 Å². The summed E-state index contributed by atoms with van der Waals surface area (Å²) in [5.41, 5.74) is 0. The molecule has 82 heavy (non-hydrogen) atoms. The molecule has 6 nitrogen and oxygen atoms in total. The van der Waals surface area contributed by atoms with Crippen LogP contribution in [-0.4, -0.2) is 37.2 Å². The van der Waals surface area contributed by atoms with Crippen molar-refractivity contribution in [3.05, 3.63) is 146 Å². The fourth-order valence-electron chi connectivity index (χ4n) is 9.10. The van der Waals surface area contributed by atoms with Crippen molar-refractivity contribution in [2.24, 2.45) is 0 Å². The van der Waals surface area contributed by atoms with Crippen molar-refractivity contribution in [3.8, 4) is 0 Å². The number of unbranched alkanes of at least 4 members (excludes halogenated alkanes) is 25. The number of hydrogen-bond acceptors (Lipinski definition) is 6. The minimum atomic E-state index is -0.803.